The maximum absolute atomic E-state index is 12.7. The van der Waals surface area contributed by atoms with Crippen LogP contribution in [0.4, 0.5) is 19.0 Å². The minimum Gasteiger partial charge on any atom is -0.363 e. The Morgan fingerprint density at radius 1 is 0.966 bits per heavy atom. The highest BCUT2D eigenvalue weighted by Gasteiger charge is 2.34. The number of hydrogen-bond acceptors (Lipinski definition) is 8. The summed E-state index contributed by atoms with van der Waals surface area (Å²) >= 11 is 1.53. The van der Waals surface area contributed by atoms with Crippen molar-refractivity contribution in [1.82, 2.24) is 29.9 Å². The van der Waals surface area contributed by atoms with Gasteiger partial charge in [-0.1, -0.05) is 0 Å². The lowest BCUT2D eigenvalue weighted by molar-refractivity contribution is -0.145. The van der Waals surface area contributed by atoms with Crippen LogP contribution in [0.5, 0.6) is 0 Å². The van der Waals surface area contributed by atoms with Gasteiger partial charge in [-0.05, 0) is 19.9 Å². The van der Waals surface area contributed by atoms with Gasteiger partial charge in [0.2, 0.25) is 5.82 Å². The smallest absolute Gasteiger partial charge is 0.363 e. The summed E-state index contributed by atoms with van der Waals surface area (Å²) in [7, 11) is 0. The summed E-state index contributed by atoms with van der Waals surface area (Å²) < 4.78 is 38.0. The van der Waals surface area contributed by atoms with E-state index >= 15 is 0 Å². The van der Waals surface area contributed by atoms with Crippen molar-refractivity contribution in [3.8, 4) is 10.7 Å². The summed E-state index contributed by atoms with van der Waals surface area (Å²) in [6.45, 7) is 3.75. The number of aryl methyl sites for hydroxylation is 1. The Balaban J connectivity index is 1.64. The molecule has 4 aromatic rings. The van der Waals surface area contributed by atoms with Crippen LogP contribution in [0, 0.1) is 6.92 Å². The van der Waals surface area contributed by atoms with Gasteiger partial charge in [-0.15, -0.1) is 11.3 Å². The van der Waals surface area contributed by atoms with Crippen LogP contribution in [0.3, 0.4) is 0 Å². The number of fused-ring (bicyclic) bond motifs is 1. The average molecular weight is 417 g/mol. The third kappa shape index (κ3) is 3.99. The Kier molecular flexibility index (Phi) is 4.82. The van der Waals surface area contributed by atoms with Gasteiger partial charge in [0.05, 0.1) is 23.4 Å². The summed E-state index contributed by atoms with van der Waals surface area (Å²) in [6.07, 6.45) is 2.55. The molecule has 11 heteroatoms. The number of rotatable bonds is 4. The summed E-state index contributed by atoms with van der Waals surface area (Å²) in [5.74, 6) is -0.644. The topological polar surface area (TPSA) is 89.4 Å². The van der Waals surface area contributed by atoms with Crippen LogP contribution in [0.25, 0.3) is 21.6 Å². The lowest BCUT2D eigenvalue weighted by Crippen LogP contribution is -2.14. The zero-order chi connectivity index (χ0) is 20.6. The third-order valence-electron chi connectivity index (χ3n) is 4.14. The summed E-state index contributed by atoms with van der Waals surface area (Å²) in [6, 6.07) is 1.46. The number of hydrogen-bond donors (Lipinski definition) is 1. The van der Waals surface area contributed by atoms with Crippen molar-refractivity contribution in [2.24, 2.45) is 0 Å². The number of pyridine rings is 1. The molecule has 0 radical (unpaired) electrons. The normalized spacial score (nSPS) is 12.9. The number of thiazole rings is 1. The first-order chi connectivity index (χ1) is 13.8. The van der Waals surface area contributed by atoms with E-state index in [9.17, 15) is 13.2 Å². The molecule has 4 aromatic heterocycles. The standard InChI is InChI=1S/C18H14F3N7S/c1-9-4-23-16(29-9)13-3-12-14(7-22-13)26-8-27-15(12)28-10(2)11-5-24-17(25-6-11)18(19,20)21/h3-8,10H,1-2H3,(H,26,27,28). The van der Waals surface area contributed by atoms with Crippen molar-refractivity contribution in [2.75, 3.05) is 5.32 Å². The molecule has 4 rings (SSSR count). The molecular formula is C18H14F3N7S. The Morgan fingerprint density at radius 3 is 2.38 bits per heavy atom. The molecule has 1 atom stereocenters. The zero-order valence-electron chi connectivity index (χ0n) is 15.3. The van der Waals surface area contributed by atoms with E-state index in [-0.39, 0.29) is 6.04 Å². The molecule has 4 heterocycles. The van der Waals surface area contributed by atoms with E-state index in [2.05, 4.69) is 35.2 Å². The van der Waals surface area contributed by atoms with Gasteiger partial charge >= 0.3 is 6.18 Å². The first kappa shape index (κ1) is 19.1. The second-order valence-electron chi connectivity index (χ2n) is 6.29. The fraction of sp³-hybridized carbons (Fsp3) is 0.222. The minimum atomic E-state index is -4.57. The molecular weight excluding hydrogens is 403 g/mol. The molecule has 0 aliphatic heterocycles. The van der Waals surface area contributed by atoms with Crippen molar-refractivity contribution >= 4 is 28.1 Å². The van der Waals surface area contributed by atoms with E-state index in [0.717, 1.165) is 27.7 Å². The molecule has 0 bridgehead atoms. The van der Waals surface area contributed by atoms with Crippen LogP contribution in [0.15, 0.2) is 37.2 Å². The second-order valence-corrected chi connectivity index (χ2v) is 7.52. The van der Waals surface area contributed by atoms with E-state index in [1.807, 2.05) is 13.0 Å². The predicted molar refractivity (Wildman–Crippen MR) is 102 cm³/mol. The molecule has 29 heavy (non-hydrogen) atoms. The van der Waals surface area contributed by atoms with Crippen LogP contribution in [-0.2, 0) is 6.18 Å². The van der Waals surface area contributed by atoms with Crippen molar-refractivity contribution < 1.29 is 13.2 Å². The van der Waals surface area contributed by atoms with Gasteiger partial charge < -0.3 is 5.32 Å². The first-order valence-electron chi connectivity index (χ1n) is 8.50. The van der Waals surface area contributed by atoms with Crippen LogP contribution in [0.2, 0.25) is 0 Å². The largest absolute Gasteiger partial charge is 0.451 e. The maximum Gasteiger partial charge on any atom is 0.451 e. The average Bonchev–Trinajstić information content (AvgIpc) is 3.14. The first-order valence-corrected chi connectivity index (χ1v) is 9.32. The Hall–Kier alpha value is -3.21. The van der Waals surface area contributed by atoms with Gasteiger partial charge in [0.25, 0.3) is 0 Å². The predicted octanol–water partition coefficient (Wildman–Crippen LogP) is 4.44. The number of nitrogens with zero attached hydrogens (tertiary/aromatic N) is 6. The van der Waals surface area contributed by atoms with Gasteiger partial charge in [0, 0.05) is 34.4 Å². The number of aromatic nitrogens is 6. The number of anilines is 1. The lowest BCUT2D eigenvalue weighted by Gasteiger charge is -2.16. The second kappa shape index (κ2) is 7.32. The molecule has 0 saturated carbocycles. The van der Waals surface area contributed by atoms with Gasteiger partial charge in [-0.3, -0.25) is 4.98 Å². The quantitative estimate of drug-likeness (QED) is 0.525. The van der Waals surface area contributed by atoms with Crippen LogP contribution >= 0.6 is 11.3 Å². The number of halogens is 3. The molecule has 0 fully saturated rings. The van der Waals surface area contributed by atoms with Crippen molar-refractivity contribution in [1.29, 1.82) is 0 Å². The molecule has 0 aromatic carbocycles. The molecule has 0 aliphatic carbocycles. The Bertz CT molecular complexity index is 1160. The molecule has 0 aliphatic rings. The van der Waals surface area contributed by atoms with Crippen LogP contribution in [-0.4, -0.2) is 29.9 Å². The SMILES string of the molecule is Cc1cnc(-c2cc3c(NC(C)c4cnc(C(F)(F)F)nc4)ncnc3cn2)s1. The molecule has 1 unspecified atom stereocenters. The molecule has 0 saturated heterocycles. The summed E-state index contributed by atoms with van der Waals surface area (Å²) in [4.78, 5) is 25.1. The van der Waals surface area contributed by atoms with E-state index in [4.69, 9.17) is 0 Å². The van der Waals surface area contributed by atoms with E-state index in [1.54, 1.807) is 19.3 Å². The molecule has 1 N–H and O–H groups in total. The van der Waals surface area contributed by atoms with E-state index < -0.39 is 12.0 Å². The summed E-state index contributed by atoms with van der Waals surface area (Å²) in [5, 5.41) is 4.69. The van der Waals surface area contributed by atoms with Gasteiger partial charge in [0.15, 0.2) is 0 Å². The van der Waals surface area contributed by atoms with E-state index in [1.165, 1.54) is 17.7 Å². The van der Waals surface area contributed by atoms with Gasteiger partial charge in [-0.25, -0.2) is 24.9 Å². The van der Waals surface area contributed by atoms with Crippen molar-refractivity contribution in [3.05, 3.63) is 53.4 Å². The minimum absolute atomic E-state index is 0.380. The highest BCUT2D eigenvalue weighted by atomic mass is 32.1. The van der Waals surface area contributed by atoms with Gasteiger partial charge in [-0.2, -0.15) is 13.2 Å². The fourth-order valence-corrected chi connectivity index (χ4v) is 3.39. The Morgan fingerprint density at radius 2 is 1.72 bits per heavy atom. The van der Waals surface area contributed by atoms with Crippen LogP contribution < -0.4 is 5.32 Å². The van der Waals surface area contributed by atoms with Crippen molar-refractivity contribution in [3.63, 3.8) is 0 Å². The van der Waals surface area contributed by atoms with Crippen molar-refractivity contribution in [2.45, 2.75) is 26.1 Å². The maximum atomic E-state index is 12.7. The summed E-state index contributed by atoms with van der Waals surface area (Å²) in [5.41, 5.74) is 1.82. The van der Waals surface area contributed by atoms with E-state index in [0.29, 0.717) is 22.6 Å². The fourth-order valence-electron chi connectivity index (χ4n) is 2.66. The lowest BCUT2D eigenvalue weighted by atomic mass is 10.1. The zero-order valence-corrected chi connectivity index (χ0v) is 16.1. The molecule has 0 spiro atoms. The number of nitrogens with one attached hydrogen (secondary N) is 1. The molecule has 0 amide bonds. The van der Waals surface area contributed by atoms with Gasteiger partial charge in [0.1, 0.15) is 17.2 Å². The third-order valence-corrected chi connectivity index (χ3v) is 5.08. The van der Waals surface area contributed by atoms with Crippen LogP contribution in [0.1, 0.15) is 29.2 Å². The molecule has 148 valence electrons. The Labute approximate surface area is 167 Å². The highest BCUT2D eigenvalue weighted by Crippen LogP contribution is 2.30. The highest BCUT2D eigenvalue weighted by molar-refractivity contribution is 7.14. The monoisotopic (exact) mass is 417 g/mol. The number of alkyl halides is 3. The molecule has 7 nitrogen and oxygen atoms in total.